The minimum absolute atomic E-state index is 0.295. The molecule has 1 aliphatic carbocycles. The molecule has 0 amide bonds. The average Bonchev–Trinajstić information content (AvgIpc) is 2.69. The van der Waals surface area contributed by atoms with Crippen molar-refractivity contribution in [3.8, 4) is 0 Å². The Labute approximate surface area is 74.6 Å². The predicted molar refractivity (Wildman–Crippen MR) is 49.5 cm³/mol. The molecule has 1 atom stereocenters. The highest BCUT2D eigenvalue weighted by molar-refractivity contribution is 4.97. The molecule has 3 heteroatoms. The van der Waals surface area contributed by atoms with E-state index < -0.39 is 0 Å². The molecular weight excluding hydrogens is 152 g/mol. The van der Waals surface area contributed by atoms with Crippen LogP contribution in [0.2, 0.25) is 0 Å². The summed E-state index contributed by atoms with van der Waals surface area (Å²) in [5, 5.41) is 0. The second kappa shape index (κ2) is 3.73. The molecule has 3 nitrogen and oxygen atoms in total. The van der Waals surface area contributed by atoms with Crippen molar-refractivity contribution in [1.82, 2.24) is 5.43 Å². The molecule has 0 aliphatic heterocycles. The first kappa shape index (κ1) is 9.96. The van der Waals surface area contributed by atoms with E-state index in [0.29, 0.717) is 17.6 Å². The van der Waals surface area contributed by atoms with Gasteiger partial charge in [0.25, 0.3) is 0 Å². The molecule has 12 heavy (non-hydrogen) atoms. The maximum atomic E-state index is 5.52. The molecule has 1 unspecified atom stereocenters. The summed E-state index contributed by atoms with van der Waals surface area (Å²) < 4.78 is 5.52. The zero-order valence-corrected chi connectivity index (χ0v) is 8.26. The Balaban J connectivity index is 2.26. The number of rotatable bonds is 5. The lowest BCUT2D eigenvalue weighted by Crippen LogP contribution is -2.44. The third kappa shape index (κ3) is 2.44. The van der Waals surface area contributed by atoms with Crippen LogP contribution in [0.1, 0.15) is 33.6 Å². The standard InChI is InChI=1S/C9H20N2O/c1-7(2)12-6-8(11-10)9(3)4-5-9/h7-8,11H,4-6,10H2,1-3H3. The smallest absolute Gasteiger partial charge is 0.0641 e. The summed E-state index contributed by atoms with van der Waals surface area (Å²) in [6.45, 7) is 7.07. The van der Waals surface area contributed by atoms with E-state index in [1.807, 2.05) is 13.8 Å². The molecule has 3 N–H and O–H groups in total. The first-order chi connectivity index (χ1) is 5.58. The van der Waals surface area contributed by atoms with Gasteiger partial charge in [0.15, 0.2) is 0 Å². The van der Waals surface area contributed by atoms with Crippen molar-refractivity contribution < 1.29 is 4.74 Å². The molecule has 0 radical (unpaired) electrons. The van der Waals surface area contributed by atoms with Gasteiger partial charge in [-0.15, -0.1) is 0 Å². The number of hydrazine groups is 1. The quantitative estimate of drug-likeness (QED) is 0.481. The SMILES string of the molecule is CC(C)OCC(NN)C1(C)CC1. The Morgan fingerprint density at radius 2 is 2.08 bits per heavy atom. The zero-order valence-electron chi connectivity index (χ0n) is 8.26. The van der Waals surface area contributed by atoms with Crippen LogP contribution in [-0.2, 0) is 4.74 Å². The van der Waals surface area contributed by atoms with Crippen molar-refractivity contribution >= 4 is 0 Å². The summed E-state index contributed by atoms with van der Waals surface area (Å²) in [5.74, 6) is 5.46. The summed E-state index contributed by atoms with van der Waals surface area (Å²) in [6.07, 6.45) is 2.83. The maximum Gasteiger partial charge on any atom is 0.0641 e. The number of ether oxygens (including phenoxy) is 1. The van der Waals surface area contributed by atoms with Gasteiger partial charge < -0.3 is 4.74 Å². The third-order valence-electron chi connectivity index (χ3n) is 2.68. The van der Waals surface area contributed by atoms with Crippen LogP contribution in [0.4, 0.5) is 0 Å². The van der Waals surface area contributed by atoms with Crippen LogP contribution in [0.3, 0.4) is 0 Å². The first-order valence-corrected chi connectivity index (χ1v) is 4.66. The fraction of sp³-hybridized carbons (Fsp3) is 1.00. The van der Waals surface area contributed by atoms with E-state index in [0.717, 1.165) is 6.61 Å². The van der Waals surface area contributed by atoms with Crippen LogP contribution in [0.25, 0.3) is 0 Å². The Kier molecular flexibility index (Phi) is 3.09. The van der Waals surface area contributed by atoms with Crippen LogP contribution >= 0.6 is 0 Å². The van der Waals surface area contributed by atoms with Gasteiger partial charge in [0.2, 0.25) is 0 Å². The molecule has 1 saturated carbocycles. The van der Waals surface area contributed by atoms with Crippen molar-refractivity contribution in [2.45, 2.75) is 45.8 Å². The lowest BCUT2D eigenvalue weighted by atomic mass is 10.0. The fourth-order valence-electron chi connectivity index (χ4n) is 1.28. The monoisotopic (exact) mass is 172 g/mol. The minimum Gasteiger partial charge on any atom is -0.377 e. The summed E-state index contributed by atoms with van der Waals surface area (Å²) in [7, 11) is 0. The predicted octanol–water partition coefficient (Wildman–Crippen LogP) is 1.04. The van der Waals surface area contributed by atoms with Crippen molar-refractivity contribution in [2.24, 2.45) is 11.3 Å². The van der Waals surface area contributed by atoms with Gasteiger partial charge in [-0.2, -0.15) is 0 Å². The van der Waals surface area contributed by atoms with Crippen LogP contribution in [0.5, 0.6) is 0 Å². The molecule has 72 valence electrons. The van der Waals surface area contributed by atoms with E-state index in [4.69, 9.17) is 10.6 Å². The van der Waals surface area contributed by atoms with Crippen LogP contribution < -0.4 is 11.3 Å². The van der Waals surface area contributed by atoms with Gasteiger partial charge in [-0.1, -0.05) is 6.92 Å². The topological polar surface area (TPSA) is 47.3 Å². The van der Waals surface area contributed by atoms with Gasteiger partial charge >= 0.3 is 0 Å². The van der Waals surface area contributed by atoms with E-state index in [2.05, 4.69) is 12.3 Å². The van der Waals surface area contributed by atoms with Gasteiger partial charge in [-0.3, -0.25) is 11.3 Å². The normalized spacial score (nSPS) is 22.8. The second-order valence-electron chi connectivity index (χ2n) is 4.26. The van der Waals surface area contributed by atoms with Crippen LogP contribution in [0.15, 0.2) is 0 Å². The number of nitrogens with two attached hydrogens (primary N) is 1. The Hall–Kier alpha value is -0.120. The molecule has 1 aliphatic rings. The van der Waals surface area contributed by atoms with Crippen molar-refractivity contribution in [3.05, 3.63) is 0 Å². The average molecular weight is 172 g/mol. The van der Waals surface area contributed by atoms with Gasteiger partial charge in [-0.05, 0) is 32.1 Å². The lowest BCUT2D eigenvalue weighted by Gasteiger charge is -2.23. The second-order valence-corrected chi connectivity index (χ2v) is 4.26. The van der Waals surface area contributed by atoms with Crippen molar-refractivity contribution in [2.75, 3.05) is 6.61 Å². The molecule has 0 spiro atoms. The Morgan fingerprint density at radius 1 is 1.50 bits per heavy atom. The Morgan fingerprint density at radius 3 is 2.42 bits per heavy atom. The van der Waals surface area contributed by atoms with E-state index in [-0.39, 0.29) is 0 Å². The number of hydrogen-bond donors (Lipinski definition) is 2. The highest BCUT2D eigenvalue weighted by Gasteiger charge is 2.44. The molecule has 1 fully saturated rings. The molecule has 0 aromatic carbocycles. The molecule has 0 saturated heterocycles. The summed E-state index contributed by atoms with van der Waals surface area (Å²) in [5.41, 5.74) is 3.23. The number of nitrogens with one attached hydrogen (secondary N) is 1. The lowest BCUT2D eigenvalue weighted by molar-refractivity contribution is 0.0467. The maximum absolute atomic E-state index is 5.52. The summed E-state index contributed by atoms with van der Waals surface area (Å²) in [6, 6.07) is 0.319. The molecule has 0 aromatic rings. The highest BCUT2D eigenvalue weighted by Crippen LogP contribution is 2.47. The molecule has 0 aromatic heterocycles. The van der Waals surface area contributed by atoms with E-state index >= 15 is 0 Å². The van der Waals surface area contributed by atoms with E-state index in [1.54, 1.807) is 0 Å². The third-order valence-corrected chi connectivity index (χ3v) is 2.68. The Bertz CT molecular complexity index is 143. The van der Waals surface area contributed by atoms with Gasteiger partial charge in [-0.25, -0.2) is 0 Å². The summed E-state index contributed by atoms with van der Waals surface area (Å²) in [4.78, 5) is 0. The molecular formula is C9H20N2O. The van der Waals surface area contributed by atoms with E-state index in [1.165, 1.54) is 12.8 Å². The van der Waals surface area contributed by atoms with Gasteiger partial charge in [0.05, 0.1) is 12.7 Å². The minimum atomic E-state index is 0.295. The summed E-state index contributed by atoms with van der Waals surface area (Å²) >= 11 is 0. The molecule has 0 bridgehead atoms. The van der Waals surface area contributed by atoms with Crippen LogP contribution in [0, 0.1) is 5.41 Å². The van der Waals surface area contributed by atoms with Crippen molar-refractivity contribution in [1.29, 1.82) is 0 Å². The highest BCUT2D eigenvalue weighted by atomic mass is 16.5. The van der Waals surface area contributed by atoms with Crippen molar-refractivity contribution in [3.63, 3.8) is 0 Å². The first-order valence-electron chi connectivity index (χ1n) is 4.66. The molecule has 0 heterocycles. The van der Waals surface area contributed by atoms with Gasteiger partial charge in [0.1, 0.15) is 0 Å². The zero-order chi connectivity index (χ0) is 9.19. The van der Waals surface area contributed by atoms with E-state index in [9.17, 15) is 0 Å². The van der Waals surface area contributed by atoms with Gasteiger partial charge in [0, 0.05) is 6.04 Å². The van der Waals surface area contributed by atoms with Crippen LogP contribution in [-0.4, -0.2) is 18.8 Å². The molecule has 1 rings (SSSR count). The fourth-order valence-corrected chi connectivity index (χ4v) is 1.28. The largest absolute Gasteiger partial charge is 0.377 e. The number of hydrogen-bond acceptors (Lipinski definition) is 3.